The minimum absolute atomic E-state index is 0.416. The second-order valence-electron chi connectivity index (χ2n) is 5.36. The molecular formula is C16H31NO2S2. The Morgan fingerprint density at radius 3 is 2.57 bits per heavy atom. The van der Waals surface area contributed by atoms with E-state index >= 15 is 0 Å². The van der Waals surface area contributed by atoms with Gasteiger partial charge in [-0.1, -0.05) is 19.9 Å². The van der Waals surface area contributed by atoms with Gasteiger partial charge in [0.15, 0.2) is 0 Å². The summed E-state index contributed by atoms with van der Waals surface area (Å²) >= 11 is 1.56. The van der Waals surface area contributed by atoms with Crippen LogP contribution >= 0.6 is 21.8 Å². The molecule has 21 heavy (non-hydrogen) atoms. The van der Waals surface area contributed by atoms with Crippen molar-refractivity contribution in [2.75, 3.05) is 43.5 Å². The third-order valence-electron chi connectivity index (χ3n) is 2.42. The van der Waals surface area contributed by atoms with Crippen molar-refractivity contribution in [1.29, 1.82) is 0 Å². The SMILES string of the molecule is CC.CS(C)(C)CCCOCC(O)CSc1ccccn1. The number of nitrogens with zero attached hydrogens (tertiary/aromatic N) is 1. The molecule has 1 unspecified atom stereocenters. The lowest BCUT2D eigenvalue weighted by atomic mass is 10.4. The monoisotopic (exact) mass is 333 g/mol. The molecule has 1 aromatic heterocycles. The number of hydrogen-bond donors (Lipinski definition) is 1. The summed E-state index contributed by atoms with van der Waals surface area (Å²) in [6.45, 7) is 5.16. The third kappa shape index (κ3) is 13.2. The molecule has 0 amide bonds. The molecule has 0 aliphatic rings. The largest absolute Gasteiger partial charge is 0.390 e. The Hall–Kier alpha value is -0.230. The van der Waals surface area contributed by atoms with Gasteiger partial charge in [0.05, 0.1) is 17.7 Å². The van der Waals surface area contributed by atoms with E-state index in [1.165, 1.54) is 5.75 Å². The van der Waals surface area contributed by atoms with Crippen LogP contribution in [0.15, 0.2) is 29.4 Å². The van der Waals surface area contributed by atoms with Crippen molar-refractivity contribution in [2.45, 2.75) is 31.4 Å². The van der Waals surface area contributed by atoms with Crippen LogP contribution in [0.4, 0.5) is 0 Å². The van der Waals surface area contributed by atoms with Crippen LogP contribution in [0.2, 0.25) is 0 Å². The molecule has 0 saturated heterocycles. The molecule has 0 spiro atoms. The molecule has 0 aromatic carbocycles. The highest BCUT2D eigenvalue weighted by molar-refractivity contribution is 8.32. The number of aliphatic hydroxyl groups excluding tert-OH is 1. The average molecular weight is 334 g/mol. The summed E-state index contributed by atoms with van der Waals surface area (Å²) in [4.78, 5) is 4.20. The first-order valence-corrected chi connectivity index (χ1v) is 11.4. The summed E-state index contributed by atoms with van der Waals surface area (Å²) in [6.07, 6.45) is 9.36. The zero-order valence-electron chi connectivity index (χ0n) is 14.0. The van der Waals surface area contributed by atoms with Gasteiger partial charge in [0.25, 0.3) is 0 Å². The average Bonchev–Trinajstić information content (AvgIpc) is 2.47. The van der Waals surface area contributed by atoms with Crippen LogP contribution in [0.25, 0.3) is 0 Å². The van der Waals surface area contributed by atoms with Crippen molar-refractivity contribution < 1.29 is 9.84 Å². The van der Waals surface area contributed by atoms with Crippen molar-refractivity contribution in [1.82, 2.24) is 4.98 Å². The van der Waals surface area contributed by atoms with Crippen molar-refractivity contribution in [3.63, 3.8) is 0 Å². The molecule has 3 nitrogen and oxygen atoms in total. The molecule has 1 N–H and O–H groups in total. The Morgan fingerprint density at radius 1 is 1.29 bits per heavy atom. The number of hydrogen-bond acceptors (Lipinski definition) is 4. The van der Waals surface area contributed by atoms with E-state index in [0.717, 1.165) is 18.1 Å². The van der Waals surface area contributed by atoms with Crippen LogP contribution in [-0.2, 0) is 4.74 Å². The Balaban J connectivity index is 0.00000191. The Kier molecular flexibility index (Phi) is 12.2. The maximum absolute atomic E-state index is 9.80. The molecule has 124 valence electrons. The first kappa shape index (κ1) is 20.8. The first-order valence-electron chi connectivity index (χ1n) is 7.43. The van der Waals surface area contributed by atoms with Gasteiger partial charge in [0.2, 0.25) is 0 Å². The van der Waals surface area contributed by atoms with E-state index in [9.17, 15) is 5.11 Å². The van der Waals surface area contributed by atoms with Gasteiger partial charge in [0, 0.05) is 18.6 Å². The molecule has 0 fully saturated rings. The summed E-state index contributed by atoms with van der Waals surface area (Å²) in [5.41, 5.74) is 0. The summed E-state index contributed by atoms with van der Waals surface area (Å²) in [5.74, 6) is 1.85. The molecule has 5 heteroatoms. The van der Waals surface area contributed by atoms with E-state index in [0.29, 0.717) is 12.4 Å². The maximum atomic E-state index is 9.80. The van der Waals surface area contributed by atoms with Gasteiger partial charge < -0.3 is 9.84 Å². The number of thioether (sulfide) groups is 1. The second kappa shape index (κ2) is 12.3. The highest BCUT2D eigenvalue weighted by Crippen LogP contribution is 2.34. The highest BCUT2D eigenvalue weighted by atomic mass is 32.3. The predicted molar refractivity (Wildman–Crippen MR) is 98.0 cm³/mol. The molecule has 1 rings (SSSR count). The fourth-order valence-electron chi connectivity index (χ4n) is 1.48. The zero-order valence-corrected chi connectivity index (χ0v) is 15.7. The van der Waals surface area contributed by atoms with Crippen LogP contribution in [0.3, 0.4) is 0 Å². The number of aliphatic hydroxyl groups is 1. The zero-order chi connectivity index (χ0) is 16.1. The lowest BCUT2D eigenvalue weighted by molar-refractivity contribution is 0.0492. The highest BCUT2D eigenvalue weighted by Gasteiger charge is 2.07. The quantitative estimate of drug-likeness (QED) is 0.553. The van der Waals surface area contributed by atoms with Crippen LogP contribution in [-0.4, -0.2) is 59.7 Å². The smallest absolute Gasteiger partial charge is 0.0960 e. The van der Waals surface area contributed by atoms with Crippen molar-refractivity contribution in [3.8, 4) is 0 Å². The number of ether oxygens (including phenoxy) is 1. The van der Waals surface area contributed by atoms with Crippen molar-refractivity contribution >= 4 is 21.8 Å². The molecule has 0 saturated carbocycles. The fourth-order valence-corrected chi connectivity index (χ4v) is 3.23. The van der Waals surface area contributed by atoms with Crippen LogP contribution < -0.4 is 0 Å². The second-order valence-corrected chi connectivity index (χ2v) is 11.0. The molecule has 0 aliphatic heterocycles. The van der Waals surface area contributed by atoms with Gasteiger partial charge >= 0.3 is 0 Å². The number of aromatic nitrogens is 1. The van der Waals surface area contributed by atoms with E-state index in [2.05, 4.69) is 23.8 Å². The molecule has 0 aliphatic carbocycles. The molecule has 0 radical (unpaired) electrons. The Bertz CT molecular complexity index is 342. The Labute approximate surface area is 136 Å². The first-order chi connectivity index (χ1) is 9.97. The molecule has 1 atom stereocenters. The summed E-state index contributed by atoms with van der Waals surface area (Å²) < 4.78 is 5.51. The van der Waals surface area contributed by atoms with E-state index in [1.54, 1.807) is 18.0 Å². The standard InChI is InChI=1S/C14H25NO2S2.C2H6/c1-19(2,3)10-6-9-17-11-13(16)12-18-14-7-4-5-8-15-14;1-2/h4-5,7-8,13,16H,6,9-12H2,1-3H3;1-2H3. The maximum Gasteiger partial charge on any atom is 0.0960 e. The van der Waals surface area contributed by atoms with E-state index < -0.39 is 16.1 Å². The minimum atomic E-state index is -0.426. The van der Waals surface area contributed by atoms with Crippen molar-refractivity contribution in [2.24, 2.45) is 0 Å². The van der Waals surface area contributed by atoms with Gasteiger partial charge in [-0.25, -0.2) is 15.0 Å². The molecule has 1 heterocycles. The van der Waals surface area contributed by atoms with Crippen LogP contribution in [0, 0.1) is 0 Å². The predicted octanol–water partition coefficient (Wildman–Crippen LogP) is 3.66. The molecule has 0 bridgehead atoms. The van der Waals surface area contributed by atoms with Gasteiger partial charge in [-0.15, -0.1) is 11.8 Å². The van der Waals surface area contributed by atoms with E-state index in [1.807, 2.05) is 32.0 Å². The Morgan fingerprint density at radius 2 is 2.00 bits per heavy atom. The van der Waals surface area contributed by atoms with Crippen LogP contribution in [0.5, 0.6) is 0 Å². The van der Waals surface area contributed by atoms with Crippen LogP contribution in [0.1, 0.15) is 20.3 Å². The summed E-state index contributed by atoms with van der Waals surface area (Å²) in [6, 6.07) is 5.79. The normalized spacial score (nSPS) is 13.2. The summed E-state index contributed by atoms with van der Waals surface area (Å²) in [5, 5.41) is 10.7. The number of rotatable bonds is 9. The lowest BCUT2D eigenvalue weighted by Crippen LogP contribution is -2.19. The van der Waals surface area contributed by atoms with E-state index in [4.69, 9.17) is 4.74 Å². The number of pyridine rings is 1. The molecular weight excluding hydrogens is 302 g/mol. The summed E-state index contributed by atoms with van der Waals surface area (Å²) in [7, 11) is -0.426. The third-order valence-corrected chi connectivity index (χ3v) is 5.02. The van der Waals surface area contributed by atoms with Gasteiger partial charge in [-0.2, -0.15) is 0 Å². The van der Waals surface area contributed by atoms with E-state index in [-0.39, 0.29) is 0 Å². The lowest BCUT2D eigenvalue weighted by Gasteiger charge is -2.24. The molecule has 1 aromatic rings. The fraction of sp³-hybridized carbons (Fsp3) is 0.688. The van der Waals surface area contributed by atoms with Gasteiger partial charge in [0.1, 0.15) is 0 Å². The minimum Gasteiger partial charge on any atom is -0.390 e. The topological polar surface area (TPSA) is 42.4 Å². The van der Waals surface area contributed by atoms with Crippen molar-refractivity contribution in [3.05, 3.63) is 24.4 Å². The van der Waals surface area contributed by atoms with Gasteiger partial charge in [-0.05, 0) is 43.1 Å². The van der Waals surface area contributed by atoms with Gasteiger partial charge in [-0.3, -0.25) is 0 Å².